The van der Waals surface area contributed by atoms with Gasteiger partial charge in [0.05, 0.1) is 25.4 Å². The number of carbonyl (C=O) groups excluding carboxylic acids is 1. The maximum absolute atomic E-state index is 13.0. The average Bonchev–Trinajstić information content (AvgIpc) is 3.03. The first-order valence-electron chi connectivity index (χ1n) is 9.10. The van der Waals surface area contributed by atoms with Crippen molar-refractivity contribution in [1.29, 1.82) is 5.41 Å². The minimum atomic E-state index is -0.343. The number of nitrogens with zero attached hydrogens (tertiary/aromatic N) is 3. The third-order valence-electron chi connectivity index (χ3n) is 4.86. The number of methoxy groups -OCH3 is 1. The van der Waals surface area contributed by atoms with Gasteiger partial charge in [-0.3, -0.25) is 19.3 Å². The van der Waals surface area contributed by atoms with E-state index in [1.54, 1.807) is 33.4 Å². The van der Waals surface area contributed by atoms with E-state index in [0.717, 1.165) is 31.7 Å². The zero-order valence-electron chi connectivity index (χ0n) is 15.9. The lowest BCUT2D eigenvalue weighted by atomic mass is 10.1. The number of nitrogens with one attached hydrogen (secondary N) is 1. The molecular formula is C19H26ClN5O3. The molecule has 0 unspecified atom stereocenters. The van der Waals surface area contributed by atoms with E-state index in [2.05, 4.69) is 4.90 Å². The quantitative estimate of drug-likeness (QED) is 0.432. The smallest absolute Gasteiger partial charge is 0.334 e. The summed E-state index contributed by atoms with van der Waals surface area (Å²) in [5.41, 5.74) is 6.60. The van der Waals surface area contributed by atoms with E-state index in [1.165, 1.54) is 13.5 Å². The number of anilines is 1. The van der Waals surface area contributed by atoms with Crippen LogP contribution in [0.3, 0.4) is 0 Å². The van der Waals surface area contributed by atoms with Crippen molar-refractivity contribution in [3.63, 3.8) is 0 Å². The molecule has 28 heavy (non-hydrogen) atoms. The molecule has 1 saturated heterocycles. The van der Waals surface area contributed by atoms with Crippen molar-refractivity contribution < 1.29 is 9.53 Å². The molecule has 2 aromatic rings. The number of rotatable bonds is 6. The molecule has 9 heteroatoms. The molecule has 0 radical (unpaired) electrons. The van der Waals surface area contributed by atoms with E-state index in [1.807, 2.05) is 6.20 Å². The van der Waals surface area contributed by atoms with Crippen LogP contribution < -0.4 is 16.3 Å². The molecule has 2 heterocycles. The molecule has 0 amide bonds. The standard InChI is InChI=1S/C19H25N5O3.ClH/c1-27-17(25)9-12-23-16(22-10-3-2-4-11-22)13-24(19(23)26)15-7-5-14(6-8-15)18(20)21;/h5-8,13H,2-4,9-12H2,1H3,(H3,20,21);1H. The van der Waals surface area contributed by atoms with E-state index in [9.17, 15) is 9.59 Å². The summed E-state index contributed by atoms with van der Waals surface area (Å²) in [6.45, 7) is 2.06. The Morgan fingerprint density at radius 3 is 2.39 bits per heavy atom. The Kier molecular flexibility index (Phi) is 7.28. The predicted octanol–water partition coefficient (Wildman–Crippen LogP) is 1.90. The van der Waals surface area contributed by atoms with Crippen LogP contribution in [0.4, 0.5) is 5.82 Å². The maximum Gasteiger partial charge on any atom is 0.334 e. The predicted molar refractivity (Wildman–Crippen MR) is 111 cm³/mol. The fourth-order valence-electron chi connectivity index (χ4n) is 3.35. The molecule has 1 aromatic heterocycles. The van der Waals surface area contributed by atoms with Crippen molar-refractivity contribution in [3.8, 4) is 5.69 Å². The van der Waals surface area contributed by atoms with Gasteiger partial charge < -0.3 is 15.4 Å². The Labute approximate surface area is 169 Å². The fourth-order valence-corrected chi connectivity index (χ4v) is 3.35. The highest BCUT2D eigenvalue weighted by molar-refractivity contribution is 5.95. The van der Waals surface area contributed by atoms with Crippen molar-refractivity contribution in [3.05, 3.63) is 46.5 Å². The van der Waals surface area contributed by atoms with Crippen LogP contribution in [0.2, 0.25) is 0 Å². The first-order valence-corrected chi connectivity index (χ1v) is 9.10. The maximum atomic E-state index is 13.0. The van der Waals surface area contributed by atoms with Crippen molar-refractivity contribution in [1.82, 2.24) is 9.13 Å². The number of amidine groups is 1. The van der Waals surface area contributed by atoms with Crippen molar-refractivity contribution in [2.45, 2.75) is 32.2 Å². The number of nitrogens with two attached hydrogens (primary N) is 1. The van der Waals surface area contributed by atoms with E-state index in [0.29, 0.717) is 11.3 Å². The summed E-state index contributed by atoms with van der Waals surface area (Å²) in [6, 6.07) is 6.97. The largest absolute Gasteiger partial charge is 0.469 e. The van der Waals surface area contributed by atoms with Crippen LogP contribution in [0, 0.1) is 5.41 Å². The first-order chi connectivity index (χ1) is 13.0. The van der Waals surface area contributed by atoms with Gasteiger partial charge in [-0.25, -0.2) is 4.79 Å². The number of esters is 1. The second kappa shape index (κ2) is 9.45. The number of benzene rings is 1. The van der Waals surface area contributed by atoms with Crippen LogP contribution in [-0.2, 0) is 16.1 Å². The summed E-state index contributed by atoms with van der Waals surface area (Å²) in [6.07, 6.45) is 5.34. The zero-order chi connectivity index (χ0) is 19.4. The van der Waals surface area contributed by atoms with Crippen molar-refractivity contribution in [2.75, 3.05) is 25.1 Å². The van der Waals surface area contributed by atoms with E-state index in [4.69, 9.17) is 15.9 Å². The number of hydrogen-bond acceptors (Lipinski definition) is 5. The third kappa shape index (κ3) is 4.56. The lowest BCUT2D eigenvalue weighted by molar-refractivity contribution is -0.140. The van der Waals surface area contributed by atoms with E-state index >= 15 is 0 Å². The number of piperidine rings is 1. The van der Waals surface area contributed by atoms with Gasteiger partial charge in [0.15, 0.2) is 0 Å². The molecule has 152 valence electrons. The number of halogens is 1. The molecule has 1 aromatic carbocycles. The Balaban J connectivity index is 0.00000280. The van der Waals surface area contributed by atoms with Crippen molar-refractivity contribution in [2.24, 2.45) is 5.73 Å². The summed E-state index contributed by atoms with van der Waals surface area (Å²) >= 11 is 0. The Morgan fingerprint density at radius 1 is 1.18 bits per heavy atom. The molecule has 8 nitrogen and oxygen atoms in total. The van der Waals surface area contributed by atoms with Gasteiger partial charge in [-0.1, -0.05) is 0 Å². The summed E-state index contributed by atoms with van der Waals surface area (Å²) in [7, 11) is 1.35. The zero-order valence-corrected chi connectivity index (χ0v) is 16.7. The minimum Gasteiger partial charge on any atom is -0.469 e. The molecule has 0 aliphatic carbocycles. The normalized spacial score (nSPS) is 13.7. The first kappa shape index (κ1) is 21.6. The van der Waals surface area contributed by atoms with Gasteiger partial charge in [0, 0.05) is 25.2 Å². The van der Waals surface area contributed by atoms with Gasteiger partial charge >= 0.3 is 11.7 Å². The highest BCUT2D eigenvalue weighted by Gasteiger charge is 2.20. The summed E-state index contributed by atoms with van der Waals surface area (Å²) in [4.78, 5) is 26.8. The highest BCUT2D eigenvalue weighted by atomic mass is 35.5. The SMILES string of the molecule is COC(=O)CCn1c(N2CCCCC2)cn(-c2ccc(C(=N)N)cc2)c1=O.Cl. The van der Waals surface area contributed by atoms with Crippen LogP contribution in [0.25, 0.3) is 5.69 Å². The van der Waals surface area contributed by atoms with Gasteiger partial charge in [0.25, 0.3) is 0 Å². The molecule has 0 spiro atoms. The molecular weight excluding hydrogens is 382 g/mol. The number of aromatic nitrogens is 2. The third-order valence-corrected chi connectivity index (χ3v) is 4.86. The Hall–Kier alpha value is -2.74. The van der Waals surface area contributed by atoms with Crippen LogP contribution in [0.1, 0.15) is 31.2 Å². The fraction of sp³-hybridized carbons (Fsp3) is 0.421. The Morgan fingerprint density at radius 2 is 1.82 bits per heavy atom. The van der Waals surface area contributed by atoms with E-state index < -0.39 is 0 Å². The van der Waals surface area contributed by atoms with Crippen LogP contribution >= 0.6 is 12.4 Å². The number of carbonyl (C=O) groups is 1. The van der Waals surface area contributed by atoms with Gasteiger partial charge in [-0.2, -0.15) is 0 Å². The minimum absolute atomic E-state index is 0. The topological polar surface area (TPSA) is 106 Å². The monoisotopic (exact) mass is 407 g/mol. The van der Waals surface area contributed by atoms with Gasteiger partial charge in [-0.05, 0) is 43.5 Å². The average molecular weight is 408 g/mol. The number of hydrogen-bond donors (Lipinski definition) is 2. The van der Waals surface area contributed by atoms with Crippen LogP contribution in [0.5, 0.6) is 0 Å². The number of imidazole rings is 1. The van der Waals surface area contributed by atoms with E-state index in [-0.39, 0.29) is 42.9 Å². The Bertz CT molecular complexity index is 882. The molecule has 1 aliphatic heterocycles. The summed E-state index contributed by atoms with van der Waals surface area (Å²) < 4.78 is 7.93. The number of ether oxygens (including phenoxy) is 1. The summed E-state index contributed by atoms with van der Waals surface area (Å²) in [5, 5.41) is 7.49. The molecule has 3 rings (SSSR count). The lowest BCUT2D eigenvalue weighted by Crippen LogP contribution is -2.33. The van der Waals surface area contributed by atoms with Crippen LogP contribution in [-0.4, -0.2) is 41.1 Å². The molecule has 3 N–H and O–H groups in total. The summed E-state index contributed by atoms with van der Waals surface area (Å²) in [5.74, 6) is 0.461. The highest BCUT2D eigenvalue weighted by Crippen LogP contribution is 2.21. The van der Waals surface area contributed by atoms with Crippen molar-refractivity contribution >= 4 is 30.0 Å². The molecule has 0 bridgehead atoms. The van der Waals surface area contributed by atoms with Gasteiger partial charge in [0.2, 0.25) is 0 Å². The second-order valence-corrected chi connectivity index (χ2v) is 6.63. The molecule has 0 atom stereocenters. The van der Waals surface area contributed by atoms with Gasteiger partial charge in [0.1, 0.15) is 11.7 Å². The lowest BCUT2D eigenvalue weighted by Gasteiger charge is -2.28. The second-order valence-electron chi connectivity index (χ2n) is 6.63. The van der Waals surface area contributed by atoms with Gasteiger partial charge in [-0.15, -0.1) is 12.4 Å². The van der Waals surface area contributed by atoms with Crippen LogP contribution in [0.15, 0.2) is 35.3 Å². The molecule has 1 fully saturated rings. The molecule has 1 aliphatic rings. The number of nitrogen functional groups attached to an aromatic ring is 1. The molecule has 0 saturated carbocycles.